The third kappa shape index (κ3) is 7.09. The van der Waals surface area contributed by atoms with E-state index in [4.69, 9.17) is 21.0 Å². The van der Waals surface area contributed by atoms with Gasteiger partial charge in [0, 0.05) is 5.56 Å². The minimum Gasteiger partial charge on any atom is -0.474 e. The second-order valence-electron chi connectivity index (χ2n) is 8.30. The number of urea groups is 1. The standard InChI is InChI=1S/C21H29N7O5/c1-12(10-25-19(24)30)33-18-15(17(29)28-32-11-20(2,3)31)16(23)26-21(4,27-18)14-7-5-6-13(8-14)9-22/h5-8,12,27,31H,10-11H2,1-4H3,(H2,23,26)(H,28,29)(H3,24,25,30)/t12-,21?/m0/s1. The largest absolute Gasteiger partial charge is 0.474 e. The second kappa shape index (κ2) is 10.2. The van der Waals surface area contributed by atoms with Crippen molar-refractivity contribution in [2.24, 2.45) is 16.5 Å². The average Bonchev–Trinajstić information content (AvgIpc) is 2.71. The Labute approximate surface area is 191 Å². The lowest BCUT2D eigenvalue weighted by atomic mass is 9.97. The van der Waals surface area contributed by atoms with Crippen LogP contribution in [0.2, 0.25) is 0 Å². The van der Waals surface area contributed by atoms with E-state index in [9.17, 15) is 20.0 Å². The topological polar surface area (TPSA) is 197 Å². The van der Waals surface area contributed by atoms with Crippen molar-refractivity contribution in [3.63, 3.8) is 0 Å². The highest BCUT2D eigenvalue weighted by molar-refractivity contribution is 6.20. The number of nitriles is 1. The molecule has 178 valence electrons. The zero-order valence-electron chi connectivity index (χ0n) is 18.9. The fourth-order valence-corrected chi connectivity index (χ4v) is 2.88. The van der Waals surface area contributed by atoms with E-state index < -0.39 is 29.3 Å². The predicted molar refractivity (Wildman–Crippen MR) is 119 cm³/mol. The molecule has 0 bridgehead atoms. The number of carbonyl (C=O) groups is 2. The zero-order valence-corrected chi connectivity index (χ0v) is 18.9. The van der Waals surface area contributed by atoms with E-state index in [0.717, 1.165) is 0 Å². The number of aliphatic hydroxyl groups is 1. The molecule has 3 amide bonds. The van der Waals surface area contributed by atoms with Crippen LogP contribution in [-0.4, -0.2) is 47.7 Å². The Morgan fingerprint density at radius 1 is 1.42 bits per heavy atom. The highest BCUT2D eigenvalue weighted by atomic mass is 16.7. The summed E-state index contributed by atoms with van der Waals surface area (Å²) in [6, 6.07) is 8.06. The first-order valence-electron chi connectivity index (χ1n) is 10.1. The van der Waals surface area contributed by atoms with Crippen molar-refractivity contribution in [2.75, 3.05) is 13.2 Å². The van der Waals surface area contributed by atoms with Gasteiger partial charge in [0.05, 0.1) is 23.8 Å². The zero-order chi connectivity index (χ0) is 24.8. The molecule has 8 N–H and O–H groups in total. The van der Waals surface area contributed by atoms with Crippen LogP contribution in [0.3, 0.4) is 0 Å². The molecule has 1 heterocycles. The van der Waals surface area contributed by atoms with Gasteiger partial charge in [-0.1, -0.05) is 12.1 Å². The molecule has 0 saturated heterocycles. The Balaban J connectivity index is 2.38. The number of carbonyl (C=O) groups excluding carboxylic acids is 2. The molecular formula is C21H29N7O5. The number of primary amides is 1. The summed E-state index contributed by atoms with van der Waals surface area (Å²) in [7, 11) is 0. The first kappa shape index (κ1) is 25.4. The van der Waals surface area contributed by atoms with Crippen LogP contribution in [0.4, 0.5) is 4.79 Å². The van der Waals surface area contributed by atoms with Gasteiger partial charge in [-0.25, -0.2) is 15.3 Å². The Hall–Kier alpha value is -3.82. The summed E-state index contributed by atoms with van der Waals surface area (Å²) in [5.41, 5.74) is 12.0. The van der Waals surface area contributed by atoms with Crippen LogP contribution in [0.25, 0.3) is 0 Å². The number of rotatable bonds is 9. The van der Waals surface area contributed by atoms with E-state index in [2.05, 4.69) is 27.2 Å². The summed E-state index contributed by atoms with van der Waals surface area (Å²) in [4.78, 5) is 33.3. The first-order chi connectivity index (χ1) is 15.3. The summed E-state index contributed by atoms with van der Waals surface area (Å²) >= 11 is 0. The van der Waals surface area contributed by atoms with Crippen LogP contribution in [0.1, 0.15) is 38.8 Å². The van der Waals surface area contributed by atoms with Crippen molar-refractivity contribution in [2.45, 2.75) is 45.1 Å². The van der Waals surface area contributed by atoms with Crippen LogP contribution in [0.5, 0.6) is 0 Å². The quantitative estimate of drug-likeness (QED) is 0.273. The summed E-state index contributed by atoms with van der Waals surface area (Å²) in [6.07, 6.45) is -0.610. The molecule has 1 aliphatic heterocycles. The number of nitrogens with two attached hydrogens (primary N) is 2. The Morgan fingerprint density at radius 3 is 2.73 bits per heavy atom. The molecule has 2 atom stereocenters. The third-order valence-electron chi connectivity index (χ3n) is 4.44. The van der Waals surface area contributed by atoms with Gasteiger partial charge >= 0.3 is 6.03 Å². The number of amides is 3. The Morgan fingerprint density at radius 2 is 2.12 bits per heavy atom. The van der Waals surface area contributed by atoms with Gasteiger partial charge in [-0.2, -0.15) is 5.26 Å². The first-order valence-corrected chi connectivity index (χ1v) is 10.1. The van der Waals surface area contributed by atoms with Crippen molar-refractivity contribution in [1.29, 1.82) is 5.26 Å². The van der Waals surface area contributed by atoms with Crippen molar-refractivity contribution in [1.82, 2.24) is 16.1 Å². The van der Waals surface area contributed by atoms with Crippen LogP contribution in [-0.2, 0) is 20.0 Å². The summed E-state index contributed by atoms with van der Waals surface area (Å²) in [5, 5.41) is 24.5. The lowest BCUT2D eigenvalue weighted by Crippen LogP contribution is -2.49. The van der Waals surface area contributed by atoms with Crippen LogP contribution < -0.4 is 27.6 Å². The van der Waals surface area contributed by atoms with Gasteiger partial charge in [-0.15, -0.1) is 0 Å². The molecule has 1 aromatic rings. The summed E-state index contributed by atoms with van der Waals surface area (Å²) < 4.78 is 5.87. The molecule has 0 fully saturated rings. The molecule has 0 aromatic heterocycles. The molecule has 0 radical (unpaired) electrons. The van der Waals surface area contributed by atoms with E-state index in [-0.39, 0.29) is 30.4 Å². The highest BCUT2D eigenvalue weighted by Crippen LogP contribution is 2.30. The molecule has 33 heavy (non-hydrogen) atoms. The van der Waals surface area contributed by atoms with Gasteiger partial charge in [-0.3, -0.25) is 9.63 Å². The number of nitrogens with zero attached hydrogens (tertiary/aromatic N) is 2. The second-order valence-corrected chi connectivity index (χ2v) is 8.30. The maximum Gasteiger partial charge on any atom is 0.312 e. The molecule has 0 saturated carbocycles. The number of hydrogen-bond acceptors (Lipinski definition) is 9. The number of aliphatic imine (C=N–C) groups is 1. The molecule has 0 spiro atoms. The van der Waals surface area contributed by atoms with Gasteiger partial charge in [0.2, 0.25) is 5.88 Å². The molecule has 12 heteroatoms. The van der Waals surface area contributed by atoms with E-state index >= 15 is 0 Å². The minimum atomic E-state index is -1.18. The molecule has 12 nitrogen and oxygen atoms in total. The third-order valence-corrected chi connectivity index (χ3v) is 4.44. The van der Waals surface area contributed by atoms with Gasteiger partial charge < -0.3 is 31.9 Å². The lowest BCUT2D eigenvalue weighted by Gasteiger charge is -2.35. The van der Waals surface area contributed by atoms with Gasteiger partial charge in [-0.05, 0) is 39.8 Å². The number of hydrogen-bond donors (Lipinski definition) is 6. The fraction of sp³-hybridized carbons (Fsp3) is 0.429. The van der Waals surface area contributed by atoms with Crippen LogP contribution in [0, 0.1) is 11.3 Å². The maximum atomic E-state index is 12.8. The molecular weight excluding hydrogens is 430 g/mol. The van der Waals surface area contributed by atoms with E-state index in [1.54, 1.807) is 38.1 Å². The molecule has 1 aliphatic rings. The van der Waals surface area contributed by atoms with E-state index in [1.165, 1.54) is 13.8 Å². The number of benzene rings is 1. The fourth-order valence-electron chi connectivity index (χ4n) is 2.88. The van der Waals surface area contributed by atoms with Crippen molar-refractivity contribution >= 4 is 17.8 Å². The Kier molecular flexibility index (Phi) is 7.86. The molecule has 1 aromatic carbocycles. The van der Waals surface area contributed by atoms with Crippen molar-refractivity contribution in [3.05, 3.63) is 46.8 Å². The summed E-state index contributed by atoms with van der Waals surface area (Å²) in [6.45, 7) is 6.26. The predicted octanol–water partition coefficient (Wildman–Crippen LogP) is -0.205. The summed E-state index contributed by atoms with van der Waals surface area (Å²) in [5.74, 6) is -0.922. The number of ether oxygens (including phenoxy) is 1. The number of amidine groups is 1. The minimum absolute atomic E-state index is 0.0181. The SMILES string of the molecule is C[C@@H](CNC(N)=O)OC1=C(C(=O)NOCC(C)(C)O)C(N)=NC(C)(c2cccc(C#N)c2)N1. The van der Waals surface area contributed by atoms with Gasteiger partial charge in [0.1, 0.15) is 24.1 Å². The van der Waals surface area contributed by atoms with Crippen LogP contribution >= 0.6 is 0 Å². The molecule has 0 aliphatic carbocycles. The van der Waals surface area contributed by atoms with Crippen molar-refractivity contribution in [3.8, 4) is 6.07 Å². The normalized spacial score (nSPS) is 19.0. The molecule has 2 rings (SSSR count). The van der Waals surface area contributed by atoms with E-state index in [1.807, 2.05) is 0 Å². The molecule has 1 unspecified atom stereocenters. The number of hydroxylamine groups is 1. The Bertz CT molecular complexity index is 1010. The number of nitrogens with one attached hydrogen (secondary N) is 3. The smallest absolute Gasteiger partial charge is 0.312 e. The van der Waals surface area contributed by atoms with E-state index in [0.29, 0.717) is 11.1 Å². The van der Waals surface area contributed by atoms with Crippen LogP contribution in [0.15, 0.2) is 40.7 Å². The average molecular weight is 460 g/mol. The lowest BCUT2D eigenvalue weighted by molar-refractivity contribution is -0.135. The monoisotopic (exact) mass is 459 g/mol. The van der Waals surface area contributed by atoms with Gasteiger partial charge in [0.15, 0.2) is 5.66 Å². The maximum absolute atomic E-state index is 12.8. The van der Waals surface area contributed by atoms with Gasteiger partial charge in [0.25, 0.3) is 5.91 Å². The van der Waals surface area contributed by atoms with Crippen molar-refractivity contribution < 1.29 is 24.3 Å². The highest BCUT2D eigenvalue weighted by Gasteiger charge is 2.37.